The first-order valence-electron chi connectivity index (χ1n) is 3.67. The molecule has 5 nitrogen and oxygen atoms in total. The maximum atomic E-state index is 5.52. The third-order valence-corrected chi connectivity index (χ3v) is 1.83. The Labute approximate surface area is 79.3 Å². The number of nitrogens with zero attached hydrogens (tertiary/aromatic N) is 4. The van der Waals surface area contributed by atoms with Crippen molar-refractivity contribution in [3.8, 4) is 11.6 Å². The van der Waals surface area contributed by atoms with Gasteiger partial charge in [-0.2, -0.15) is 4.98 Å². The first-order valence-corrected chi connectivity index (χ1v) is 4.21. The first-order chi connectivity index (χ1) is 6.31. The van der Waals surface area contributed by atoms with Gasteiger partial charge in [0.15, 0.2) is 5.82 Å². The summed E-state index contributed by atoms with van der Waals surface area (Å²) in [7, 11) is 1.86. The van der Waals surface area contributed by atoms with Crippen LogP contribution in [0.15, 0.2) is 16.9 Å². The highest BCUT2D eigenvalue weighted by Crippen LogP contribution is 2.12. The van der Waals surface area contributed by atoms with Crippen LogP contribution in [0, 0.1) is 0 Å². The van der Waals surface area contributed by atoms with Crippen LogP contribution in [0.4, 0.5) is 0 Å². The Kier molecular flexibility index (Phi) is 2.02. The van der Waals surface area contributed by atoms with Gasteiger partial charge in [-0.05, 0) is 0 Å². The fourth-order valence-electron chi connectivity index (χ4n) is 0.981. The molecule has 2 aromatic rings. The molecule has 0 bridgehead atoms. The molecule has 0 unspecified atom stereocenters. The molecule has 0 aromatic carbocycles. The van der Waals surface area contributed by atoms with Gasteiger partial charge in [-0.3, -0.25) is 0 Å². The number of hydrogen-bond acceptors (Lipinski definition) is 4. The molecule has 0 aliphatic carbocycles. The summed E-state index contributed by atoms with van der Waals surface area (Å²) in [6.45, 7) is 0. The predicted molar refractivity (Wildman–Crippen MR) is 46.1 cm³/mol. The molecule has 0 atom stereocenters. The molecular weight excluding hydrogens is 192 g/mol. The minimum Gasteiger partial charge on any atom is -0.338 e. The van der Waals surface area contributed by atoms with Crippen molar-refractivity contribution in [3.63, 3.8) is 0 Å². The quantitative estimate of drug-likeness (QED) is 0.681. The predicted octanol–water partition coefficient (Wildman–Crippen LogP) is 1.21. The molecule has 2 rings (SSSR count). The first kappa shape index (κ1) is 8.25. The molecule has 0 amide bonds. The summed E-state index contributed by atoms with van der Waals surface area (Å²) in [6, 6.07) is 0. The Bertz CT molecular complexity index is 408. The van der Waals surface area contributed by atoms with E-state index < -0.39 is 0 Å². The van der Waals surface area contributed by atoms with E-state index >= 15 is 0 Å². The van der Waals surface area contributed by atoms with Crippen molar-refractivity contribution >= 4 is 11.6 Å². The second-order valence-corrected chi connectivity index (χ2v) is 2.77. The molecule has 0 aliphatic rings. The number of aromatic nitrogens is 4. The van der Waals surface area contributed by atoms with Gasteiger partial charge in [0, 0.05) is 19.4 Å². The monoisotopic (exact) mass is 198 g/mol. The van der Waals surface area contributed by atoms with E-state index in [0.29, 0.717) is 17.5 Å². The van der Waals surface area contributed by atoms with Gasteiger partial charge >= 0.3 is 0 Å². The molecule has 13 heavy (non-hydrogen) atoms. The third-order valence-electron chi connectivity index (χ3n) is 1.60. The second-order valence-electron chi connectivity index (χ2n) is 2.51. The van der Waals surface area contributed by atoms with Crippen molar-refractivity contribution in [2.75, 3.05) is 0 Å². The number of aryl methyl sites for hydroxylation is 1. The normalized spacial score (nSPS) is 10.6. The molecule has 0 N–H and O–H groups in total. The van der Waals surface area contributed by atoms with Crippen LogP contribution in [0.1, 0.15) is 5.89 Å². The van der Waals surface area contributed by atoms with Crippen molar-refractivity contribution < 1.29 is 4.52 Å². The van der Waals surface area contributed by atoms with Gasteiger partial charge in [-0.25, -0.2) is 4.98 Å². The van der Waals surface area contributed by atoms with E-state index in [-0.39, 0.29) is 5.88 Å². The highest BCUT2D eigenvalue weighted by atomic mass is 35.5. The Hall–Kier alpha value is -1.36. The van der Waals surface area contributed by atoms with Crippen molar-refractivity contribution in [2.24, 2.45) is 7.05 Å². The van der Waals surface area contributed by atoms with Crippen molar-refractivity contribution in [2.45, 2.75) is 5.88 Å². The second kappa shape index (κ2) is 3.18. The lowest BCUT2D eigenvalue weighted by Gasteiger charge is -1.92. The molecular formula is C7H7ClN4O. The van der Waals surface area contributed by atoms with Crippen LogP contribution in [0.25, 0.3) is 11.6 Å². The molecule has 0 saturated heterocycles. The SMILES string of the molecule is Cn1ccnc1-c1noc(CCl)n1. The van der Waals surface area contributed by atoms with Gasteiger partial charge in [-0.15, -0.1) is 11.6 Å². The molecule has 68 valence electrons. The third kappa shape index (κ3) is 1.42. The highest BCUT2D eigenvalue weighted by molar-refractivity contribution is 6.16. The Morgan fingerprint density at radius 3 is 3.00 bits per heavy atom. The Balaban J connectivity index is 2.41. The lowest BCUT2D eigenvalue weighted by molar-refractivity contribution is 0.390. The van der Waals surface area contributed by atoms with E-state index in [2.05, 4.69) is 15.1 Å². The maximum Gasteiger partial charge on any atom is 0.241 e. The number of alkyl halides is 1. The van der Waals surface area contributed by atoms with Crippen LogP contribution in [0.3, 0.4) is 0 Å². The number of rotatable bonds is 2. The van der Waals surface area contributed by atoms with Crippen molar-refractivity contribution in [1.82, 2.24) is 19.7 Å². The Morgan fingerprint density at radius 1 is 1.62 bits per heavy atom. The van der Waals surface area contributed by atoms with Crippen molar-refractivity contribution in [1.29, 1.82) is 0 Å². The number of imidazole rings is 1. The summed E-state index contributed by atoms with van der Waals surface area (Å²) in [5.74, 6) is 1.75. The van der Waals surface area contributed by atoms with Gasteiger partial charge in [0.1, 0.15) is 5.88 Å². The molecule has 2 aromatic heterocycles. The summed E-state index contributed by atoms with van der Waals surface area (Å²) < 4.78 is 6.65. The fraction of sp³-hybridized carbons (Fsp3) is 0.286. The van der Waals surface area contributed by atoms with E-state index in [1.54, 1.807) is 6.20 Å². The topological polar surface area (TPSA) is 56.7 Å². The summed E-state index contributed by atoms with van der Waals surface area (Å²) in [5.41, 5.74) is 0. The minimum absolute atomic E-state index is 0.220. The van der Waals surface area contributed by atoms with Crippen LogP contribution in [-0.2, 0) is 12.9 Å². The largest absolute Gasteiger partial charge is 0.338 e. The van der Waals surface area contributed by atoms with Crippen molar-refractivity contribution in [3.05, 3.63) is 18.3 Å². The lowest BCUT2D eigenvalue weighted by atomic mass is 10.5. The number of hydrogen-bond donors (Lipinski definition) is 0. The lowest BCUT2D eigenvalue weighted by Crippen LogP contribution is -1.92. The Morgan fingerprint density at radius 2 is 2.46 bits per heavy atom. The highest BCUT2D eigenvalue weighted by Gasteiger charge is 2.10. The van der Waals surface area contributed by atoms with Crippen LogP contribution >= 0.6 is 11.6 Å². The molecule has 0 fully saturated rings. The fourth-order valence-corrected chi connectivity index (χ4v) is 1.09. The average Bonchev–Trinajstić information content (AvgIpc) is 2.71. The summed E-state index contributed by atoms with van der Waals surface area (Å²) in [6.07, 6.45) is 3.48. The van der Waals surface area contributed by atoms with Gasteiger partial charge in [0.2, 0.25) is 11.7 Å². The minimum atomic E-state index is 0.220. The molecule has 0 radical (unpaired) electrons. The zero-order valence-corrected chi connectivity index (χ0v) is 7.69. The van der Waals surface area contributed by atoms with Gasteiger partial charge in [0.05, 0.1) is 0 Å². The van der Waals surface area contributed by atoms with E-state index in [1.165, 1.54) is 0 Å². The summed E-state index contributed by atoms with van der Waals surface area (Å²) >= 11 is 5.52. The zero-order valence-electron chi connectivity index (χ0n) is 6.94. The smallest absolute Gasteiger partial charge is 0.241 e. The van der Waals surface area contributed by atoms with Crippen LogP contribution in [0.2, 0.25) is 0 Å². The van der Waals surface area contributed by atoms with E-state index in [9.17, 15) is 0 Å². The van der Waals surface area contributed by atoms with Crippen LogP contribution in [-0.4, -0.2) is 19.7 Å². The van der Waals surface area contributed by atoms with Gasteiger partial charge in [-0.1, -0.05) is 5.16 Å². The zero-order chi connectivity index (χ0) is 9.26. The maximum absolute atomic E-state index is 5.52. The molecule has 2 heterocycles. The standard InChI is InChI=1S/C7H7ClN4O/c1-12-3-2-9-7(12)6-10-5(4-8)13-11-6/h2-3H,4H2,1H3. The van der Waals surface area contributed by atoms with Gasteiger partial charge < -0.3 is 9.09 Å². The average molecular weight is 199 g/mol. The van der Waals surface area contributed by atoms with E-state index in [4.69, 9.17) is 16.1 Å². The summed E-state index contributed by atoms with van der Waals surface area (Å²) in [4.78, 5) is 8.11. The van der Waals surface area contributed by atoms with E-state index in [0.717, 1.165) is 0 Å². The van der Waals surface area contributed by atoms with E-state index in [1.807, 2.05) is 17.8 Å². The molecule has 0 aliphatic heterocycles. The molecule has 0 saturated carbocycles. The molecule has 0 spiro atoms. The number of halogens is 1. The van der Waals surface area contributed by atoms with Crippen LogP contribution in [0.5, 0.6) is 0 Å². The van der Waals surface area contributed by atoms with Gasteiger partial charge in [0.25, 0.3) is 0 Å². The molecule has 6 heteroatoms. The summed E-state index contributed by atoms with van der Waals surface area (Å²) in [5, 5.41) is 3.74. The van der Waals surface area contributed by atoms with Crippen LogP contribution < -0.4 is 0 Å².